The Bertz CT molecular complexity index is 1330. The van der Waals surface area contributed by atoms with Crippen molar-refractivity contribution in [2.75, 3.05) is 26.2 Å². The number of hydrogen-bond acceptors (Lipinski definition) is 5. The number of hydrogen-bond donors (Lipinski definition) is 0. The van der Waals surface area contributed by atoms with Crippen LogP contribution < -0.4 is 0 Å². The Morgan fingerprint density at radius 3 is 2.31 bits per heavy atom. The summed E-state index contributed by atoms with van der Waals surface area (Å²) in [6, 6.07) is 18.7. The number of imidazole rings is 1. The molecule has 7 nitrogen and oxygen atoms in total. The van der Waals surface area contributed by atoms with E-state index in [0.717, 1.165) is 22.7 Å². The van der Waals surface area contributed by atoms with Gasteiger partial charge in [0.25, 0.3) is 0 Å². The summed E-state index contributed by atoms with van der Waals surface area (Å²) in [6.07, 6.45) is 1.76. The van der Waals surface area contributed by atoms with Crippen molar-refractivity contribution in [1.29, 1.82) is 0 Å². The quantitative estimate of drug-likeness (QED) is 0.466. The van der Waals surface area contributed by atoms with E-state index in [2.05, 4.69) is 14.5 Å². The Kier molecular flexibility index (Phi) is 5.46. The van der Waals surface area contributed by atoms with Gasteiger partial charge in [-0.3, -0.25) is 9.47 Å². The number of aromatic nitrogens is 3. The number of fused-ring (bicyclic) bond motifs is 1. The van der Waals surface area contributed by atoms with Crippen LogP contribution >= 0.6 is 0 Å². The third-order valence-electron chi connectivity index (χ3n) is 5.65. The van der Waals surface area contributed by atoms with Gasteiger partial charge in [-0.05, 0) is 48.5 Å². The van der Waals surface area contributed by atoms with Crippen LogP contribution in [0.5, 0.6) is 0 Å². The van der Waals surface area contributed by atoms with Crippen LogP contribution in [0.4, 0.5) is 4.39 Å². The van der Waals surface area contributed by atoms with E-state index in [1.807, 2.05) is 42.5 Å². The Hall–Kier alpha value is -3.14. The van der Waals surface area contributed by atoms with E-state index in [4.69, 9.17) is 4.98 Å². The second-order valence-electron chi connectivity index (χ2n) is 7.68. The first-order valence-electron chi connectivity index (χ1n) is 10.4. The highest BCUT2D eigenvalue weighted by Gasteiger charge is 2.29. The highest BCUT2D eigenvalue weighted by Crippen LogP contribution is 2.22. The minimum absolute atomic E-state index is 0.115. The molecule has 0 atom stereocenters. The van der Waals surface area contributed by atoms with Gasteiger partial charge in [-0.1, -0.05) is 18.2 Å². The smallest absolute Gasteiger partial charge is 0.243 e. The van der Waals surface area contributed by atoms with Crippen LogP contribution in [0.1, 0.15) is 5.82 Å². The fraction of sp³-hybridized carbons (Fsp3) is 0.217. The van der Waals surface area contributed by atoms with Crippen molar-refractivity contribution >= 4 is 21.2 Å². The average molecular weight is 452 g/mol. The first kappa shape index (κ1) is 20.7. The molecule has 0 unspecified atom stereocenters. The maximum atomic E-state index is 13.2. The molecule has 2 aromatic carbocycles. The first-order chi connectivity index (χ1) is 15.5. The van der Waals surface area contributed by atoms with Gasteiger partial charge in [0, 0.05) is 38.1 Å². The molecule has 164 valence electrons. The summed E-state index contributed by atoms with van der Waals surface area (Å²) in [5.74, 6) is 0.407. The van der Waals surface area contributed by atoms with Gasteiger partial charge in [-0.2, -0.15) is 4.31 Å². The van der Waals surface area contributed by atoms with Gasteiger partial charge in [-0.25, -0.2) is 22.8 Å². The lowest BCUT2D eigenvalue weighted by Gasteiger charge is -2.33. The number of piperazine rings is 1. The van der Waals surface area contributed by atoms with E-state index in [9.17, 15) is 12.8 Å². The van der Waals surface area contributed by atoms with Crippen molar-refractivity contribution in [3.63, 3.8) is 0 Å². The minimum Gasteiger partial charge on any atom is -0.293 e. The predicted molar refractivity (Wildman–Crippen MR) is 119 cm³/mol. The fourth-order valence-electron chi connectivity index (χ4n) is 4.00. The molecule has 2 aromatic heterocycles. The molecule has 0 amide bonds. The lowest BCUT2D eigenvalue weighted by molar-refractivity contribution is 0.177. The Morgan fingerprint density at radius 2 is 1.59 bits per heavy atom. The topological polar surface area (TPSA) is 71.3 Å². The van der Waals surface area contributed by atoms with Crippen molar-refractivity contribution in [1.82, 2.24) is 23.7 Å². The highest BCUT2D eigenvalue weighted by atomic mass is 32.2. The molecule has 0 spiro atoms. The Labute approximate surface area is 185 Å². The third-order valence-corrected chi connectivity index (χ3v) is 7.56. The number of sulfonamides is 1. The number of halogens is 1. The molecule has 0 bridgehead atoms. The highest BCUT2D eigenvalue weighted by molar-refractivity contribution is 7.89. The molecular formula is C23H22FN5O2S. The number of nitrogens with zero attached hydrogens (tertiary/aromatic N) is 5. The molecule has 9 heteroatoms. The SMILES string of the molecule is O=S(=O)(c1ccc(F)cc1)N1CCN(Cc2nc3cccnc3n2-c2ccccc2)CC1. The normalized spacial score (nSPS) is 15.9. The number of para-hydroxylation sites is 1. The van der Waals surface area contributed by atoms with Crippen LogP contribution in [-0.2, 0) is 16.6 Å². The van der Waals surface area contributed by atoms with Gasteiger partial charge in [-0.15, -0.1) is 0 Å². The zero-order chi connectivity index (χ0) is 22.1. The molecule has 3 heterocycles. The van der Waals surface area contributed by atoms with Crippen LogP contribution in [-0.4, -0.2) is 58.3 Å². The van der Waals surface area contributed by atoms with Gasteiger partial charge in [0.2, 0.25) is 10.0 Å². The summed E-state index contributed by atoms with van der Waals surface area (Å²) in [7, 11) is -3.64. The second kappa shape index (κ2) is 8.42. The van der Waals surface area contributed by atoms with Gasteiger partial charge in [0.1, 0.15) is 17.2 Å². The molecular weight excluding hydrogens is 429 g/mol. The minimum atomic E-state index is -3.64. The molecule has 0 aliphatic carbocycles. The van der Waals surface area contributed by atoms with E-state index < -0.39 is 15.8 Å². The van der Waals surface area contributed by atoms with Crippen molar-refractivity contribution in [3.8, 4) is 5.69 Å². The van der Waals surface area contributed by atoms with Crippen LogP contribution in [0.2, 0.25) is 0 Å². The third kappa shape index (κ3) is 3.90. The lowest BCUT2D eigenvalue weighted by Crippen LogP contribution is -2.48. The average Bonchev–Trinajstić information content (AvgIpc) is 3.18. The number of benzene rings is 2. The van der Waals surface area contributed by atoms with E-state index in [1.165, 1.54) is 28.6 Å². The number of pyridine rings is 1. The number of rotatable bonds is 5. The molecule has 1 aliphatic heterocycles. The van der Waals surface area contributed by atoms with Crippen molar-refractivity contribution in [2.45, 2.75) is 11.4 Å². The molecule has 5 rings (SSSR count). The van der Waals surface area contributed by atoms with Crippen LogP contribution in [0.15, 0.2) is 77.8 Å². The molecule has 1 fully saturated rings. The van der Waals surface area contributed by atoms with E-state index in [1.54, 1.807) is 6.20 Å². The molecule has 0 N–H and O–H groups in total. The molecule has 32 heavy (non-hydrogen) atoms. The first-order valence-corrected chi connectivity index (χ1v) is 11.8. The zero-order valence-electron chi connectivity index (χ0n) is 17.3. The largest absolute Gasteiger partial charge is 0.293 e. The summed E-state index contributed by atoms with van der Waals surface area (Å²) in [6.45, 7) is 2.46. The standard InChI is InChI=1S/C23H22FN5O2S/c24-18-8-10-20(11-9-18)32(30,31)28-15-13-27(14-16-28)17-22-26-21-7-4-12-25-23(21)29(22)19-5-2-1-3-6-19/h1-12H,13-17H2. The van der Waals surface area contributed by atoms with E-state index >= 15 is 0 Å². The fourth-order valence-corrected chi connectivity index (χ4v) is 5.42. The monoisotopic (exact) mass is 451 g/mol. The van der Waals surface area contributed by atoms with Gasteiger partial charge < -0.3 is 0 Å². The van der Waals surface area contributed by atoms with Gasteiger partial charge in [0.15, 0.2) is 5.65 Å². The Balaban J connectivity index is 1.35. The molecule has 1 saturated heterocycles. The van der Waals surface area contributed by atoms with Crippen molar-refractivity contribution < 1.29 is 12.8 Å². The Morgan fingerprint density at radius 1 is 0.875 bits per heavy atom. The summed E-state index contributed by atoms with van der Waals surface area (Å²) in [5, 5.41) is 0. The second-order valence-corrected chi connectivity index (χ2v) is 9.62. The maximum absolute atomic E-state index is 13.2. The predicted octanol–water partition coefficient (Wildman–Crippen LogP) is 3.07. The lowest BCUT2D eigenvalue weighted by atomic mass is 10.3. The van der Waals surface area contributed by atoms with E-state index in [0.29, 0.717) is 32.7 Å². The maximum Gasteiger partial charge on any atom is 0.243 e. The summed E-state index contributed by atoms with van der Waals surface area (Å²) >= 11 is 0. The molecule has 0 saturated carbocycles. The van der Waals surface area contributed by atoms with Crippen LogP contribution in [0, 0.1) is 5.82 Å². The van der Waals surface area contributed by atoms with E-state index in [-0.39, 0.29) is 4.90 Å². The molecule has 4 aromatic rings. The van der Waals surface area contributed by atoms with Gasteiger partial charge >= 0.3 is 0 Å². The van der Waals surface area contributed by atoms with Crippen LogP contribution in [0.25, 0.3) is 16.9 Å². The summed E-state index contributed by atoms with van der Waals surface area (Å²) in [5.41, 5.74) is 2.61. The van der Waals surface area contributed by atoms with Crippen LogP contribution in [0.3, 0.4) is 0 Å². The molecule has 0 radical (unpaired) electrons. The van der Waals surface area contributed by atoms with Crippen molar-refractivity contribution in [3.05, 3.63) is 84.6 Å². The zero-order valence-corrected chi connectivity index (χ0v) is 18.1. The van der Waals surface area contributed by atoms with Crippen molar-refractivity contribution in [2.24, 2.45) is 0 Å². The summed E-state index contributed by atoms with van der Waals surface area (Å²) < 4.78 is 42.5. The summed E-state index contributed by atoms with van der Waals surface area (Å²) in [4.78, 5) is 11.6. The van der Waals surface area contributed by atoms with Gasteiger partial charge in [0.05, 0.1) is 11.4 Å². The molecule has 1 aliphatic rings.